The van der Waals surface area contributed by atoms with Crippen molar-refractivity contribution in [3.05, 3.63) is 138 Å². The van der Waals surface area contributed by atoms with Crippen molar-refractivity contribution in [1.82, 2.24) is 4.57 Å². The van der Waals surface area contributed by atoms with E-state index in [4.69, 9.17) is 13.9 Å². The normalized spacial score (nSPS) is 17.3. The molecule has 4 aromatic carbocycles. The van der Waals surface area contributed by atoms with Crippen LogP contribution in [0.1, 0.15) is 68.3 Å². The summed E-state index contributed by atoms with van der Waals surface area (Å²) in [6.45, 7) is 8.74. The molecule has 1 aliphatic heterocycles. The van der Waals surface area contributed by atoms with Crippen molar-refractivity contribution in [2.45, 2.75) is 77.4 Å². The third kappa shape index (κ3) is 7.16. The van der Waals surface area contributed by atoms with Gasteiger partial charge in [-0.2, -0.15) is 0 Å². The highest BCUT2D eigenvalue weighted by Crippen LogP contribution is 2.43. The number of hydrogen-bond donors (Lipinski definition) is 1. The first-order valence-corrected chi connectivity index (χ1v) is 17.4. The van der Waals surface area contributed by atoms with Crippen molar-refractivity contribution >= 4 is 22.6 Å². The SMILES string of the molecule is CC(C)c1c(C(=O)Nc2ccccc2)c(-c2ccccc2)c(-c2ccc(F)cc2)n1CCC1CC(Cc2cc3ccccc3o2)OC(C)(C)O1. The third-order valence-corrected chi connectivity index (χ3v) is 9.30. The zero-order chi connectivity index (χ0) is 34.8. The van der Waals surface area contributed by atoms with Crippen LogP contribution in [0.25, 0.3) is 33.4 Å². The molecule has 7 heteroatoms. The molecule has 1 aliphatic rings. The molecule has 3 heterocycles. The summed E-state index contributed by atoms with van der Waals surface area (Å²) < 4.78 is 35.7. The van der Waals surface area contributed by atoms with Gasteiger partial charge in [-0.25, -0.2) is 4.39 Å². The lowest BCUT2D eigenvalue weighted by molar-refractivity contribution is -0.300. The molecule has 7 rings (SSSR count). The number of amides is 1. The largest absolute Gasteiger partial charge is 0.461 e. The van der Waals surface area contributed by atoms with Crippen molar-refractivity contribution in [2.75, 3.05) is 5.32 Å². The van der Waals surface area contributed by atoms with Crippen LogP contribution >= 0.6 is 0 Å². The van der Waals surface area contributed by atoms with Gasteiger partial charge in [0.15, 0.2) is 5.79 Å². The van der Waals surface area contributed by atoms with E-state index in [0.29, 0.717) is 31.4 Å². The summed E-state index contributed by atoms with van der Waals surface area (Å²) in [5.74, 6) is -0.397. The monoisotopic (exact) mass is 670 g/mol. The molecule has 1 amide bonds. The highest BCUT2D eigenvalue weighted by atomic mass is 19.1. The first kappa shape index (κ1) is 33.5. The van der Waals surface area contributed by atoms with E-state index >= 15 is 0 Å². The Morgan fingerprint density at radius 2 is 1.52 bits per heavy atom. The minimum absolute atomic E-state index is 0.00364. The molecular formula is C43H43FN2O4. The van der Waals surface area contributed by atoms with Gasteiger partial charge in [-0.3, -0.25) is 4.79 Å². The Balaban J connectivity index is 1.28. The molecule has 0 aliphatic carbocycles. The number of fused-ring (bicyclic) bond motifs is 1. The Kier molecular flexibility index (Phi) is 9.45. The predicted octanol–water partition coefficient (Wildman–Crippen LogP) is 10.6. The Hall–Kier alpha value is -4.98. The number of nitrogens with zero attached hydrogens (tertiary/aromatic N) is 1. The number of carbonyl (C=O) groups excluding carboxylic acids is 1. The number of benzene rings is 4. The second-order valence-electron chi connectivity index (χ2n) is 13.8. The van der Waals surface area contributed by atoms with Gasteiger partial charge in [0.05, 0.1) is 23.5 Å². The predicted molar refractivity (Wildman–Crippen MR) is 197 cm³/mol. The fourth-order valence-electron chi connectivity index (χ4n) is 7.36. The highest BCUT2D eigenvalue weighted by molar-refractivity contribution is 6.12. The molecule has 256 valence electrons. The number of rotatable bonds is 10. The van der Waals surface area contributed by atoms with Gasteiger partial charge >= 0.3 is 0 Å². The number of halogens is 1. The fourth-order valence-corrected chi connectivity index (χ4v) is 7.36. The van der Waals surface area contributed by atoms with Gasteiger partial charge in [-0.1, -0.05) is 80.6 Å². The quantitative estimate of drug-likeness (QED) is 0.158. The number of anilines is 1. The molecule has 1 saturated heterocycles. The molecule has 0 saturated carbocycles. The van der Waals surface area contributed by atoms with E-state index in [1.807, 2.05) is 92.7 Å². The average Bonchev–Trinajstić information content (AvgIpc) is 3.67. The van der Waals surface area contributed by atoms with E-state index in [-0.39, 0.29) is 29.9 Å². The zero-order valence-corrected chi connectivity index (χ0v) is 29.0. The van der Waals surface area contributed by atoms with E-state index in [2.05, 4.69) is 35.9 Å². The number of furan rings is 1. The number of para-hydroxylation sites is 2. The minimum atomic E-state index is -0.785. The second-order valence-corrected chi connectivity index (χ2v) is 13.8. The van der Waals surface area contributed by atoms with Gasteiger partial charge in [-0.15, -0.1) is 0 Å². The molecule has 2 atom stereocenters. The van der Waals surface area contributed by atoms with Crippen LogP contribution in [-0.2, 0) is 22.4 Å². The van der Waals surface area contributed by atoms with E-state index < -0.39 is 5.79 Å². The molecule has 2 unspecified atom stereocenters. The highest BCUT2D eigenvalue weighted by Gasteiger charge is 2.37. The van der Waals surface area contributed by atoms with Crippen molar-refractivity contribution in [2.24, 2.45) is 0 Å². The van der Waals surface area contributed by atoms with Crippen LogP contribution in [0.4, 0.5) is 10.1 Å². The molecule has 2 aromatic heterocycles. The Bertz CT molecular complexity index is 2050. The number of aromatic nitrogens is 1. The molecule has 6 aromatic rings. The first-order valence-electron chi connectivity index (χ1n) is 17.4. The van der Waals surface area contributed by atoms with Crippen LogP contribution in [0.5, 0.6) is 0 Å². The lowest BCUT2D eigenvalue weighted by Gasteiger charge is -2.41. The summed E-state index contributed by atoms with van der Waals surface area (Å²) in [6, 6.07) is 36.2. The standard InChI is InChI=1S/C43H43FN2O4/c1-28(2)40-39(42(47)45-33-16-9-6-10-17-33)38(29-13-7-5-8-14-29)41(30-19-21-32(44)22-20-30)46(40)24-23-34-26-36(50-43(3,4)49-34)27-35-25-31-15-11-12-18-37(31)48-35/h5-22,25,28,34,36H,23-24,26-27H2,1-4H3,(H,45,47). The van der Waals surface area contributed by atoms with Crippen molar-refractivity contribution in [1.29, 1.82) is 0 Å². The molecule has 1 N–H and O–H groups in total. The molecule has 0 spiro atoms. The van der Waals surface area contributed by atoms with Crippen LogP contribution in [0.3, 0.4) is 0 Å². The van der Waals surface area contributed by atoms with E-state index in [1.165, 1.54) is 12.1 Å². The number of nitrogens with one attached hydrogen (secondary N) is 1. The van der Waals surface area contributed by atoms with Crippen LogP contribution in [0, 0.1) is 5.82 Å². The van der Waals surface area contributed by atoms with Crippen LogP contribution in [-0.4, -0.2) is 28.5 Å². The molecule has 0 bridgehead atoms. The summed E-state index contributed by atoms with van der Waals surface area (Å²) in [7, 11) is 0. The van der Waals surface area contributed by atoms with Crippen molar-refractivity contribution in [3.8, 4) is 22.4 Å². The molecule has 6 nitrogen and oxygen atoms in total. The van der Waals surface area contributed by atoms with Crippen LogP contribution < -0.4 is 5.32 Å². The lowest BCUT2D eigenvalue weighted by Crippen LogP contribution is -2.45. The molecule has 50 heavy (non-hydrogen) atoms. The summed E-state index contributed by atoms with van der Waals surface area (Å²) in [4.78, 5) is 14.4. The summed E-state index contributed by atoms with van der Waals surface area (Å²) >= 11 is 0. The molecular weight excluding hydrogens is 627 g/mol. The molecule has 1 fully saturated rings. The summed E-state index contributed by atoms with van der Waals surface area (Å²) in [5, 5.41) is 4.23. The van der Waals surface area contributed by atoms with Gasteiger partial charge in [0.1, 0.15) is 17.2 Å². The average molecular weight is 671 g/mol. The van der Waals surface area contributed by atoms with Crippen molar-refractivity contribution < 1.29 is 23.1 Å². The number of carbonyl (C=O) groups is 1. The molecule has 0 radical (unpaired) electrons. The van der Waals surface area contributed by atoms with Crippen molar-refractivity contribution in [3.63, 3.8) is 0 Å². The maximum absolute atomic E-state index is 14.4. The van der Waals surface area contributed by atoms with Gasteiger partial charge in [0, 0.05) is 41.7 Å². The minimum Gasteiger partial charge on any atom is -0.461 e. The zero-order valence-electron chi connectivity index (χ0n) is 29.0. The smallest absolute Gasteiger partial charge is 0.258 e. The van der Waals surface area contributed by atoms with Gasteiger partial charge in [0.2, 0.25) is 0 Å². The Morgan fingerprint density at radius 3 is 2.22 bits per heavy atom. The second kappa shape index (κ2) is 14.1. The van der Waals surface area contributed by atoms with Gasteiger partial charge < -0.3 is 23.8 Å². The van der Waals surface area contributed by atoms with Crippen LogP contribution in [0.15, 0.2) is 120 Å². The van der Waals surface area contributed by atoms with Gasteiger partial charge in [0.25, 0.3) is 5.91 Å². The topological polar surface area (TPSA) is 65.6 Å². The number of ether oxygens (including phenoxy) is 2. The Morgan fingerprint density at radius 1 is 0.860 bits per heavy atom. The van der Waals surface area contributed by atoms with Gasteiger partial charge in [-0.05, 0) is 85.8 Å². The van der Waals surface area contributed by atoms with E-state index in [1.54, 1.807) is 12.1 Å². The summed E-state index contributed by atoms with van der Waals surface area (Å²) in [6.07, 6.45) is 1.81. The maximum Gasteiger partial charge on any atom is 0.258 e. The van der Waals surface area contributed by atoms with E-state index in [9.17, 15) is 9.18 Å². The fraction of sp³-hybridized carbons (Fsp3) is 0.279. The summed E-state index contributed by atoms with van der Waals surface area (Å²) in [5.41, 5.74) is 6.58. The Labute approximate surface area is 292 Å². The first-order chi connectivity index (χ1) is 24.1. The third-order valence-electron chi connectivity index (χ3n) is 9.30. The lowest BCUT2D eigenvalue weighted by atomic mass is 9.94. The van der Waals surface area contributed by atoms with E-state index in [0.717, 1.165) is 50.5 Å². The maximum atomic E-state index is 14.4. The van der Waals surface area contributed by atoms with Crippen LogP contribution in [0.2, 0.25) is 0 Å². The number of hydrogen-bond acceptors (Lipinski definition) is 4.